The van der Waals surface area contributed by atoms with Crippen LogP contribution < -0.4 is 5.32 Å². The molecule has 0 aromatic carbocycles. The molecule has 1 aliphatic rings. The number of hydrogen-bond donors (Lipinski definition) is 1. The van der Waals surface area contributed by atoms with Crippen LogP contribution in [0.2, 0.25) is 0 Å². The Morgan fingerprint density at radius 3 is 1.96 bits per heavy atom. The Kier molecular flexibility index (Phi) is 7.63. The Bertz CT molecular complexity index is 492. The van der Waals surface area contributed by atoms with Gasteiger partial charge in [-0.2, -0.15) is 0 Å². The summed E-state index contributed by atoms with van der Waals surface area (Å²) in [6.45, 7) is 5.42. The quantitative estimate of drug-likeness (QED) is 0.508. The summed E-state index contributed by atoms with van der Waals surface area (Å²) in [7, 11) is 0. The molecule has 1 aliphatic heterocycles. The van der Waals surface area contributed by atoms with Gasteiger partial charge in [-0.15, -0.1) is 0 Å². The maximum atomic E-state index is 11.6. The molecule has 1 heterocycles. The fraction of sp³-hybridized carbons (Fsp3) is 0.733. The van der Waals surface area contributed by atoms with Crippen LogP contribution in [0, 0.1) is 0 Å². The van der Waals surface area contributed by atoms with Crippen LogP contribution in [-0.4, -0.2) is 55.0 Å². The molecule has 0 aromatic rings. The van der Waals surface area contributed by atoms with Gasteiger partial charge in [-0.25, -0.2) is 0 Å². The smallest absolute Gasteiger partial charge is 0.305 e. The van der Waals surface area contributed by atoms with Gasteiger partial charge in [0.1, 0.15) is 6.10 Å². The van der Waals surface area contributed by atoms with Crippen molar-refractivity contribution >= 4 is 23.8 Å². The maximum Gasteiger partial charge on any atom is 0.305 e. The zero-order chi connectivity index (χ0) is 18.3. The van der Waals surface area contributed by atoms with Gasteiger partial charge in [0.25, 0.3) is 0 Å². The van der Waals surface area contributed by atoms with Crippen LogP contribution in [0.1, 0.15) is 40.5 Å². The molecule has 24 heavy (non-hydrogen) atoms. The predicted molar refractivity (Wildman–Crippen MR) is 79.5 cm³/mol. The van der Waals surface area contributed by atoms with Crippen LogP contribution in [0.3, 0.4) is 0 Å². The molecule has 0 radical (unpaired) electrons. The first-order valence-corrected chi connectivity index (χ1v) is 7.68. The van der Waals surface area contributed by atoms with Gasteiger partial charge in [-0.3, -0.25) is 19.2 Å². The largest absolute Gasteiger partial charge is 0.455 e. The molecular formula is C15H23NO8. The van der Waals surface area contributed by atoms with Crippen molar-refractivity contribution in [3.05, 3.63) is 0 Å². The number of carbonyl (C=O) groups excluding carboxylic acids is 4. The topological polar surface area (TPSA) is 117 Å². The van der Waals surface area contributed by atoms with Gasteiger partial charge in [0.15, 0.2) is 6.10 Å². The van der Waals surface area contributed by atoms with Gasteiger partial charge in [0.05, 0.1) is 0 Å². The molecule has 0 bridgehead atoms. The van der Waals surface area contributed by atoms with Crippen LogP contribution in [0.4, 0.5) is 0 Å². The average molecular weight is 345 g/mol. The van der Waals surface area contributed by atoms with Crippen molar-refractivity contribution in [1.29, 1.82) is 0 Å². The molecule has 0 aromatic heterocycles. The fourth-order valence-corrected chi connectivity index (χ4v) is 2.29. The van der Waals surface area contributed by atoms with Crippen LogP contribution in [0.5, 0.6) is 0 Å². The van der Waals surface area contributed by atoms with Gasteiger partial charge in [0.2, 0.25) is 18.3 Å². The monoisotopic (exact) mass is 345 g/mol. The van der Waals surface area contributed by atoms with Crippen LogP contribution in [0.25, 0.3) is 0 Å². The number of esters is 3. The van der Waals surface area contributed by atoms with E-state index >= 15 is 0 Å². The van der Waals surface area contributed by atoms with Gasteiger partial charge >= 0.3 is 17.9 Å². The maximum absolute atomic E-state index is 11.6. The van der Waals surface area contributed by atoms with Gasteiger partial charge in [0, 0.05) is 33.7 Å². The van der Waals surface area contributed by atoms with Crippen molar-refractivity contribution in [2.75, 3.05) is 6.54 Å². The summed E-state index contributed by atoms with van der Waals surface area (Å²) in [5.74, 6) is -2.10. The minimum absolute atomic E-state index is 0.0201. The first-order valence-electron chi connectivity index (χ1n) is 7.68. The fourth-order valence-electron chi connectivity index (χ4n) is 2.29. The second kappa shape index (κ2) is 9.21. The van der Waals surface area contributed by atoms with Crippen molar-refractivity contribution in [1.82, 2.24) is 5.32 Å². The van der Waals surface area contributed by atoms with Gasteiger partial charge in [-0.05, 0) is 6.42 Å². The van der Waals surface area contributed by atoms with E-state index in [0.29, 0.717) is 12.8 Å². The molecule has 0 spiro atoms. The van der Waals surface area contributed by atoms with E-state index in [1.807, 2.05) is 6.92 Å². The van der Waals surface area contributed by atoms with Gasteiger partial charge in [-0.1, -0.05) is 6.92 Å². The Balaban J connectivity index is 2.89. The summed E-state index contributed by atoms with van der Waals surface area (Å²) in [4.78, 5) is 45.4. The Hall–Kier alpha value is -2.16. The van der Waals surface area contributed by atoms with E-state index in [1.165, 1.54) is 20.8 Å². The average Bonchev–Trinajstić information content (AvgIpc) is 2.73. The van der Waals surface area contributed by atoms with Crippen molar-refractivity contribution in [3.8, 4) is 0 Å². The second-order valence-electron chi connectivity index (χ2n) is 5.35. The summed E-state index contributed by atoms with van der Waals surface area (Å²) in [5, 5.41) is 2.64. The summed E-state index contributed by atoms with van der Waals surface area (Å²) in [6, 6.07) is 0. The molecule has 136 valence electrons. The predicted octanol–water partition coefficient (Wildman–Crippen LogP) is 0.0541. The second-order valence-corrected chi connectivity index (χ2v) is 5.35. The SMILES string of the molecule is CCCC(=O)NC[C@H]1OC(OC(C)=O)[C@H](OC(C)=O)[C@@H]1OC(C)=O. The van der Waals surface area contributed by atoms with E-state index in [-0.39, 0.29) is 12.5 Å². The van der Waals surface area contributed by atoms with E-state index in [1.54, 1.807) is 0 Å². The van der Waals surface area contributed by atoms with Crippen LogP contribution in [-0.2, 0) is 38.1 Å². The molecule has 1 saturated heterocycles. The van der Waals surface area contributed by atoms with Crippen molar-refractivity contribution in [2.24, 2.45) is 0 Å². The molecule has 1 rings (SSSR count). The molecular weight excluding hydrogens is 322 g/mol. The van der Waals surface area contributed by atoms with Crippen molar-refractivity contribution in [3.63, 3.8) is 0 Å². The number of amides is 1. The third kappa shape index (κ3) is 6.15. The third-order valence-electron chi connectivity index (χ3n) is 3.13. The number of carbonyl (C=O) groups is 4. The highest BCUT2D eigenvalue weighted by atomic mass is 16.7. The third-order valence-corrected chi connectivity index (χ3v) is 3.13. The lowest BCUT2D eigenvalue weighted by molar-refractivity contribution is -0.195. The van der Waals surface area contributed by atoms with E-state index in [2.05, 4.69) is 5.32 Å². The zero-order valence-corrected chi connectivity index (χ0v) is 14.2. The highest BCUT2D eigenvalue weighted by Crippen LogP contribution is 2.28. The Morgan fingerprint density at radius 2 is 1.46 bits per heavy atom. The minimum atomic E-state index is -1.22. The molecule has 9 nitrogen and oxygen atoms in total. The van der Waals surface area contributed by atoms with E-state index in [9.17, 15) is 19.2 Å². The molecule has 9 heteroatoms. The van der Waals surface area contributed by atoms with Crippen LogP contribution >= 0.6 is 0 Å². The van der Waals surface area contributed by atoms with E-state index in [0.717, 1.165) is 0 Å². The molecule has 1 fully saturated rings. The number of rotatable bonds is 7. The molecule has 4 atom stereocenters. The lowest BCUT2D eigenvalue weighted by atomic mass is 10.1. The molecule has 1 amide bonds. The summed E-state index contributed by atoms with van der Waals surface area (Å²) in [6.07, 6.45) is -3.13. The lowest BCUT2D eigenvalue weighted by Crippen LogP contribution is -2.44. The molecule has 0 aliphatic carbocycles. The number of hydrogen-bond acceptors (Lipinski definition) is 8. The summed E-state index contributed by atoms with van der Waals surface area (Å²) >= 11 is 0. The summed E-state index contributed by atoms with van der Waals surface area (Å²) in [5.41, 5.74) is 0. The molecule has 0 saturated carbocycles. The molecule has 1 N–H and O–H groups in total. The van der Waals surface area contributed by atoms with Crippen molar-refractivity contribution < 1.29 is 38.1 Å². The zero-order valence-electron chi connectivity index (χ0n) is 14.2. The normalized spacial score (nSPS) is 25.7. The van der Waals surface area contributed by atoms with Crippen LogP contribution in [0.15, 0.2) is 0 Å². The number of ether oxygens (including phenoxy) is 4. The van der Waals surface area contributed by atoms with E-state index < -0.39 is 42.5 Å². The van der Waals surface area contributed by atoms with Crippen molar-refractivity contribution in [2.45, 2.75) is 65.1 Å². The lowest BCUT2D eigenvalue weighted by Gasteiger charge is -2.23. The highest BCUT2D eigenvalue weighted by molar-refractivity contribution is 5.75. The van der Waals surface area contributed by atoms with Gasteiger partial charge < -0.3 is 24.3 Å². The highest BCUT2D eigenvalue weighted by Gasteiger charge is 2.51. The van der Waals surface area contributed by atoms with E-state index in [4.69, 9.17) is 18.9 Å². The first kappa shape index (κ1) is 19.9. The number of nitrogens with one attached hydrogen (secondary N) is 1. The standard InChI is InChI=1S/C15H23NO8/c1-5-6-12(20)16-7-11-13(21-8(2)17)14(22-9(3)18)15(24-11)23-10(4)19/h11,13-15H,5-7H2,1-4H3,(H,16,20)/t11-,13-,14-,15?/m1/s1. The Morgan fingerprint density at radius 1 is 0.917 bits per heavy atom. The molecule has 1 unspecified atom stereocenters. The minimum Gasteiger partial charge on any atom is -0.455 e. The first-order chi connectivity index (χ1) is 11.2. The summed E-state index contributed by atoms with van der Waals surface area (Å²) < 4.78 is 20.7. The Labute approximate surface area is 139 Å².